The maximum Gasteiger partial charge on any atom is 0.119 e. The molecule has 0 saturated carbocycles. The number of methoxy groups -OCH3 is 1. The molecule has 0 bridgehead atoms. The van der Waals surface area contributed by atoms with Crippen LogP contribution in [-0.4, -0.2) is 23.4 Å². The Labute approximate surface area is 134 Å². The molecule has 0 atom stereocenters. The number of aromatic nitrogens is 2. The minimum atomic E-state index is 0.828. The number of halogens is 1. The van der Waals surface area contributed by atoms with Gasteiger partial charge in [0.2, 0.25) is 0 Å². The second-order valence-corrected chi connectivity index (χ2v) is 5.99. The number of rotatable bonds is 7. The molecule has 0 aliphatic rings. The van der Waals surface area contributed by atoms with E-state index in [1.165, 1.54) is 11.3 Å². The summed E-state index contributed by atoms with van der Waals surface area (Å²) in [4.78, 5) is 0. The van der Waals surface area contributed by atoms with E-state index in [9.17, 15) is 0 Å². The molecule has 1 aromatic carbocycles. The lowest BCUT2D eigenvalue weighted by molar-refractivity contribution is 0.414. The normalized spacial score (nSPS) is 10.9. The van der Waals surface area contributed by atoms with E-state index < -0.39 is 0 Å². The molecule has 0 fully saturated rings. The van der Waals surface area contributed by atoms with Gasteiger partial charge in [-0.05, 0) is 56.6 Å². The third-order valence-corrected chi connectivity index (χ3v) is 4.17. The smallest absolute Gasteiger partial charge is 0.119 e. The third kappa shape index (κ3) is 4.58. The standard InChI is InChI=1S/C16H22BrN3O/c1-12-9-13(2)20(19-12)8-4-7-18-11-14-10-15(21-3)5-6-16(14)17/h5-6,9-10,18H,4,7-8,11H2,1-3H3. The van der Waals surface area contributed by atoms with Crippen LogP contribution in [0.25, 0.3) is 0 Å². The summed E-state index contributed by atoms with van der Waals surface area (Å²) >= 11 is 3.57. The Hall–Kier alpha value is -1.33. The first-order valence-corrected chi connectivity index (χ1v) is 7.93. The fourth-order valence-electron chi connectivity index (χ4n) is 2.29. The molecule has 21 heavy (non-hydrogen) atoms. The second-order valence-electron chi connectivity index (χ2n) is 5.14. The number of hydrogen-bond acceptors (Lipinski definition) is 3. The van der Waals surface area contributed by atoms with Crippen molar-refractivity contribution in [1.29, 1.82) is 0 Å². The number of benzene rings is 1. The van der Waals surface area contributed by atoms with Crippen molar-refractivity contribution in [3.05, 3.63) is 45.7 Å². The van der Waals surface area contributed by atoms with Crippen LogP contribution < -0.4 is 10.1 Å². The van der Waals surface area contributed by atoms with E-state index in [0.717, 1.165) is 42.0 Å². The van der Waals surface area contributed by atoms with Crippen molar-refractivity contribution in [2.45, 2.75) is 33.4 Å². The van der Waals surface area contributed by atoms with Gasteiger partial charge in [0.05, 0.1) is 12.8 Å². The van der Waals surface area contributed by atoms with Crippen LogP contribution in [0.1, 0.15) is 23.4 Å². The van der Waals surface area contributed by atoms with E-state index in [4.69, 9.17) is 4.74 Å². The Morgan fingerprint density at radius 2 is 2.10 bits per heavy atom. The minimum Gasteiger partial charge on any atom is -0.497 e. The van der Waals surface area contributed by atoms with E-state index in [-0.39, 0.29) is 0 Å². The Balaban J connectivity index is 1.76. The first kappa shape index (κ1) is 16.0. The molecule has 1 heterocycles. The zero-order valence-electron chi connectivity index (χ0n) is 12.8. The van der Waals surface area contributed by atoms with Gasteiger partial charge in [0.15, 0.2) is 0 Å². The molecule has 4 nitrogen and oxygen atoms in total. The monoisotopic (exact) mass is 351 g/mol. The summed E-state index contributed by atoms with van der Waals surface area (Å²) in [7, 11) is 1.69. The summed E-state index contributed by atoms with van der Waals surface area (Å²) in [5.41, 5.74) is 3.52. The lowest BCUT2D eigenvalue weighted by Crippen LogP contribution is -2.17. The van der Waals surface area contributed by atoms with Crippen LogP contribution in [0.15, 0.2) is 28.7 Å². The van der Waals surface area contributed by atoms with Gasteiger partial charge >= 0.3 is 0 Å². The van der Waals surface area contributed by atoms with Gasteiger partial charge < -0.3 is 10.1 Å². The Morgan fingerprint density at radius 1 is 1.29 bits per heavy atom. The first-order valence-electron chi connectivity index (χ1n) is 7.14. The Kier molecular flexibility index (Phi) is 5.82. The van der Waals surface area contributed by atoms with Crippen LogP contribution in [0.4, 0.5) is 0 Å². The van der Waals surface area contributed by atoms with Crippen molar-refractivity contribution in [2.24, 2.45) is 0 Å². The maximum absolute atomic E-state index is 5.25. The van der Waals surface area contributed by atoms with Gasteiger partial charge in [-0.25, -0.2) is 0 Å². The van der Waals surface area contributed by atoms with Crippen molar-refractivity contribution in [2.75, 3.05) is 13.7 Å². The molecule has 114 valence electrons. The minimum absolute atomic E-state index is 0.828. The maximum atomic E-state index is 5.25. The summed E-state index contributed by atoms with van der Waals surface area (Å²) in [6.07, 6.45) is 1.06. The molecule has 2 rings (SSSR count). The molecule has 0 spiro atoms. The van der Waals surface area contributed by atoms with Crippen molar-refractivity contribution in [1.82, 2.24) is 15.1 Å². The van der Waals surface area contributed by atoms with E-state index in [0.29, 0.717) is 0 Å². The van der Waals surface area contributed by atoms with Gasteiger partial charge in [-0.2, -0.15) is 5.10 Å². The van der Waals surface area contributed by atoms with Gasteiger partial charge in [0, 0.05) is 23.3 Å². The highest BCUT2D eigenvalue weighted by Gasteiger charge is 2.03. The Bertz CT molecular complexity index is 595. The van der Waals surface area contributed by atoms with Crippen molar-refractivity contribution >= 4 is 15.9 Å². The molecule has 0 amide bonds. The van der Waals surface area contributed by atoms with Crippen LogP contribution in [0.2, 0.25) is 0 Å². The lowest BCUT2D eigenvalue weighted by Gasteiger charge is -2.09. The van der Waals surface area contributed by atoms with Crippen LogP contribution in [0.5, 0.6) is 5.75 Å². The average Bonchev–Trinajstić information content (AvgIpc) is 2.78. The summed E-state index contributed by atoms with van der Waals surface area (Å²) in [6, 6.07) is 8.14. The number of aryl methyl sites for hydroxylation is 3. The molecule has 5 heteroatoms. The first-order chi connectivity index (χ1) is 10.1. The van der Waals surface area contributed by atoms with Gasteiger partial charge in [-0.15, -0.1) is 0 Å². The molecule has 0 aliphatic carbocycles. The fourth-order valence-corrected chi connectivity index (χ4v) is 2.68. The third-order valence-electron chi connectivity index (χ3n) is 3.40. The molecule has 0 radical (unpaired) electrons. The summed E-state index contributed by atoms with van der Waals surface area (Å²) in [5, 5.41) is 7.93. The van der Waals surface area contributed by atoms with E-state index in [2.05, 4.69) is 50.1 Å². The highest BCUT2D eigenvalue weighted by Crippen LogP contribution is 2.22. The Morgan fingerprint density at radius 3 is 2.76 bits per heavy atom. The number of hydrogen-bond donors (Lipinski definition) is 1. The summed E-state index contributed by atoms with van der Waals surface area (Å²) in [5.74, 6) is 0.887. The highest BCUT2D eigenvalue weighted by molar-refractivity contribution is 9.10. The van der Waals surface area contributed by atoms with Crippen LogP contribution >= 0.6 is 15.9 Å². The zero-order valence-corrected chi connectivity index (χ0v) is 14.4. The number of nitrogens with one attached hydrogen (secondary N) is 1. The second kappa shape index (κ2) is 7.61. The molecule has 1 N–H and O–H groups in total. The molecular formula is C16H22BrN3O. The van der Waals surface area contributed by atoms with E-state index >= 15 is 0 Å². The van der Waals surface area contributed by atoms with Crippen molar-refractivity contribution in [3.63, 3.8) is 0 Å². The van der Waals surface area contributed by atoms with Gasteiger partial charge in [-0.1, -0.05) is 15.9 Å². The predicted molar refractivity (Wildman–Crippen MR) is 88.7 cm³/mol. The van der Waals surface area contributed by atoms with E-state index in [1.54, 1.807) is 7.11 Å². The average molecular weight is 352 g/mol. The number of nitrogens with zero attached hydrogens (tertiary/aromatic N) is 2. The zero-order chi connectivity index (χ0) is 15.2. The molecule has 0 saturated heterocycles. The number of ether oxygens (including phenoxy) is 1. The van der Waals surface area contributed by atoms with Gasteiger partial charge in [0.1, 0.15) is 5.75 Å². The summed E-state index contributed by atoms with van der Waals surface area (Å²) in [6.45, 7) is 6.87. The topological polar surface area (TPSA) is 39.1 Å². The summed E-state index contributed by atoms with van der Waals surface area (Å²) < 4.78 is 8.42. The fraction of sp³-hybridized carbons (Fsp3) is 0.438. The van der Waals surface area contributed by atoms with Crippen LogP contribution in [-0.2, 0) is 13.1 Å². The van der Waals surface area contributed by atoms with Crippen LogP contribution in [0.3, 0.4) is 0 Å². The van der Waals surface area contributed by atoms with Crippen molar-refractivity contribution in [3.8, 4) is 5.75 Å². The largest absolute Gasteiger partial charge is 0.497 e. The molecule has 1 aromatic heterocycles. The predicted octanol–water partition coefficient (Wildman–Crippen LogP) is 3.45. The molecule has 0 unspecified atom stereocenters. The molecular weight excluding hydrogens is 330 g/mol. The molecule has 0 aliphatic heterocycles. The van der Waals surface area contributed by atoms with Gasteiger partial charge in [-0.3, -0.25) is 4.68 Å². The van der Waals surface area contributed by atoms with Crippen molar-refractivity contribution < 1.29 is 4.74 Å². The SMILES string of the molecule is COc1ccc(Br)c(CNCCCn2nc(C)cc2C)c1. The lowest BCUT2D eigenvalue weighted by atomic mass is 10.2. The van der Waals surface area contributed by atoms with Gasteiger partial charge in [0.25, 0.3) is 0 Å². The highest BCUT2D eigenvalue weighted by atomic mass is 79.9. The quantitative estimate of drug-likeness (QED) is 0.776. The van der Waals surface area contributed by atoms with Crippen LogP contribution in [0, 0.1) is 13.8 Å². The van der Waals surface area contributed by atoms with E-state index in [1.807, 2.05) is 19.1 Å². The molecule has 2 aromatic rings.